The number of para-hydroxylation sites is 2. The van der Waals surface area contributed by atoms with Gasteiger partial charge < -0.3 is 9.84 Å². The minimum absolute atomic E-state index is 0.0162. The Kier molecular flexibility index (Phi) is 6.11. The molecule has 0 radical (unpaired) electrons. The summed E-state index contributed by atoms with van der Waals surface area (Å²) in [5.41, 5.74) is 0.486. The van der Waals surface area contributed by atoms with Crippen LogP contribution in [0.1, 0.15) is 0 Å². The number of hydrogen-bond acceptors (Lipinski definition) is 4. The second-order valence-corrected chi connectivity index (χ2v) is 7.82. The number of aliphatic hydroxyl groups excluding tert-OH is 1. The second-order valence-electron chi connectivity index (χ2n) is 5.96. The molecule has 0 heterocycles. The van der Waals surface area contributed by atoms with Crippen LogP contribution < -0.4 is 9.04 Å². The van der Waals surface area contributed by atoms with E-state index in [1.807, 2.05) is 24.3 Å². The first-order valence-corrected chi connectivity index (χ1v) is 10.00. The van der Waals surface area contributed by atoms with E-state index in [2.05, 4.69) is 0 Å². The molecule has 3 rings (SSSR count). The lowest BCUT2D eigenvalue weighted by atomic mass is 10.3. The van der Waals surface area contributed by atoms with Crippen LogP contribution in [0.2, 0.25) is 0 Å². The Morgan fingerprint density at radius 2 is 1.33 bits per heavy atom. The first-order chi connectivity index (χ1) is 13.1. The van der Waals surface area contributed by atoms with E-state index in [-0.39, 0.29) is 18.0 Å². The number of anilines is 1. The predicted molar refractivity (Wildman–Crippen MR) is 105 cm³/mol. The van der Waals surface area contributed by atoms with E-state index in [9.17, 15) is 13.5 Å². The molecule has 6 heteroatoms. The van der Waals surface area contributed by atoms with E-state index in [4.69, 9.17) is 4.74 Å². The molecule has 0 aromatic heterocycles. The smallest absolute Gasteiger partial charge is 0.264 e. The second kappa shape index (κ2) is 8.70. The summed E-state index contributed by atoms with van der Waals surface area (Å²) in [6.45, 7) is -0.133. The molecule has 1 atom stereocenters. The van der Waals surface area contributed by atoms with Crippen molar-refractivity contribution in [1.82, 2.24) is 0 Å². The Labute approximate surface area is 159 Å². The van der Waals surface area contributed by atoms with Gasteiger partial charge in [0.15, 0.2) is 0 Å². The summed E-state index contributed by atoms with van der Waals surface area (Å²) in [7, 11) is -3.81. The van der Waals surface area contributed by atoms with Gasteiger partial charge in [0.2, 0.25) is 0 Å². The normalized spacial score (nSPS) is 12.3. The van der Waals surface area contributed by atoms with Crippen molar-refractivity contribution in [2.45, 2.75) is 11.0 Å². The van der Waals surface area contributed by atoms with Gasteiger partial charge in [-0.05, 0) is 36.4 Å². The third-order valence-corrected chi connectivity index (χ3v) is 5.75. The molecule has 0 spiro atoms. The van der Waals surface area contributed by atoms with E-state index >= 15 is 0 Å². The van der Waals surface area contributed by atoms with Gasteiger partial charge in [-0.1, -0.05) is 54.6 Å². The molecule has 0 aliphatic rings. The highest BCUT2D eigenvalue weighted by molar-refractivity contribution is 7.92. The maximum Gasteiger partial charge on any atom is 0.264 e. The van der Waals surface area contributed by atoms with Crippen molar-refractivity contribution in [2.75, 3.05) is 17.5 Å². The lowest BCUT2D eigenvalue weighted by Gasteiger charge is -2.27. The van der Waals surface area contributed by atoms with E-state index in [0.29, 0.717) is 11.4 Å². The van der Waals surface area contributed by atoms with Gasteiger partial charge in [0, 0.05) is 0 Å². The summed E-state index contributed by atoms with van der Waals surface area (Å²) in [5, 5.41) is 10.4. The average molecular weight is 383 g/mol. The SMILES string of the molecule is O=S(=O)(c1ccccc1)N(C[C@@H](O)COc1ccccc1)c1ccccc1. The van der Waals surface area contributed by atoms with E-state index in [1.165, 1.54) is 16.4 Å². The third-order valence-electron chi connectivity index (χ3n) is 3.94. The Balaban J connectivity index is 1.81. The van der Waals surface area contributed by atoms with Crippen molar-refractivity contribution in [2.24, 2.45) is 0 Å². The van der Waals surface area contributed by atoms with Gasteiger partial charge in [-0.3, -0.25) is 4.31 Å². The van der Waals surface area contributed by atoms with Crippen LogP contribution in [0.4, 0.5) is 5.69 Å². The molecule has 0 saturated heterocycles. The van der Waals surface area contributed by atoms with Crippen LogP contribution in [0.3, 0.4) is 0 Å². The number of ether oxygens (including phenoxy) is 1. The summed E-state index contributed by atoms with van der Waals surface area (Å²) < 4.78 is 33.0. The van der Waals surface area contributed by atoms with Crippen LogP contribution in [-0.4, -0.2) is 32.8 Å². The van der Waals surface area contributed by atoms with E-state index in [0.717, 1.165) is 0 Å². The number of sulfonamides is 1. The van der Waals surface area contributed by atoms with Crippen LogP contribution in [0.5, 0.6) is 5.75 Å². The summed E-state index contributed by atoms with van der Waals surface area (Å²) in [4.78, 5) is 0.171. The number of benzene rings is 3. The van der Waals surface area contributed by atoms with Gasteiger partial charge in [-0.2, -0.15) is 0 Å². The number of aliphatic hydroxyl groups is 1. The predicted octanol–water partition coefficient (Wildman–Crippen LogP) is 3.32. The molecule has 3 aromatic carbocycles. The Bertz CT molecular complexity index is 932. The number of rotatable bonds is 8. The fourth-order valence-electron chi connectivity index (χ4n) is 2.61. The highest BCUT2D eigenvalue weighted by atomic mass is 32.2. The molecular formula is C21H21NO4S. The fraction of sp³-hybridized carbons (Fsp3) is 0.143. The van der Waals surface area contributed by atoms with Gasteiger partial charge in [0.05, 0.1) is 17.1 Å². The quantitative estimate of drug-likeness (QED) is 0.648. The molecule has 0 aliphatic carbocycles. The van der Waals surface area contributed by atoms with E-state index < -0.39 is 16.1 Å². The van der Waals surface area contributed by atoms with Gasteiger partial charge in [-0.15, -0.1) is 0 Å². The Morgan fingerprint density at radius 3 is 1.93 bits per heavy atom. The molecule has 5 nitrogen and oxygen atoms in total. The molecule has 3 aromatic rings. The monoisotopic (exact) mass is 383 g/mol. The summed E-state index contributed by atoms with van der Waals surface area (Å²) in [6.07, 6.45) is -0.996. The molecule has 0 saturated carbocycles. The van der Waals surface area contributed by atoms with Crippen LogP contribution in [0.25, 0.3) is 0 Å². The Morgan fingerprint density at radius 1 is 0.815 bits per heavy atom. The molecular weight excluding hydrogens is 362 g/mol. The standard InChI is InChI=1S/C21H21NO4S/c23-19(17-26-20-12-6-2-7-13-20)16-22(18-10-4-1-5-11-18)27(24,25)21-14-8-3-9-15-21/h1-15,19,23H,16-17H2/t19-/m1/s1. The number of hydrogen-bond donors (Lipinski definition) is 1. The summed E-state index contributed by atoms with van der Waals surface area (Å²) >= 11 is 0. The molecule has 0 bridgehead atoms. The third kappa shape index (κ3) is 4.87. The van der Waals surface area contributed by atoms with Gasteiger partial charge in [-0.25, -0.2) is 8.42 Å². The maximum absolute atomic E-state index is 13.1. The molecule has 0 aliphatic heterocycles. The molecule has 0 unspecified atom stereocenters. The zero-order valence-electron chi connectivity index (χ0n) is 14.7. The highest BCUT2D eigenvalue weighted by Gasteiger charge is 2.27. The first-order valence-electron chi connectivity index (χ1n) is 8.56. The van der Waals surface area contributed by atoms with Crippen LogP contribution in [-0.2, 0) is 10.0 Å². The molecule has 0 fully saturated rings. The van der Waals surface area contributed by atoms with Gasteiger partial charge >= 0.3 is 0 Å². The lowest BCUT2D eigenvalue weighted by molar-refractivity contribution is 0.115. The van der Waals surface area contributed by atoms with Crippen molar-refractivity contribution in [3.05, 3.63) is 91.0 Å². The molecule has 1 N–H and O–H groups in total. The minimum atomic E-state index is -3.81. The minimum Gasteiger partial charge on any atom is -0.491 e. The van der Waals surface area contributed by atoms with Gasteiger partial charge in [0.25, 0.3) is 10.0 Å². The van der Waals surface area contributed by atoms with Crippen LogP contribution >= 0.6 is 0 Å². The fourth-order valence-corrected chi connectivity index (χ4v) is 4.13. The van der Waals surface area contributed by atoms with Crippen molar-refractivity contribution >= 4 is 15.7 Å². The van der Waals surface area contributed by atoms with Crippen LogP contribution in [0.15, 0.2) is 95.9 Å². The zero-order valence-corrected chi connectivity index (χ0v) is 15.5. The average Bonchev–Trinajstić information content (AvgIpc) is 2.72. The van der Waals surface area contributed by atoms with Gasteiger partial charge in [0.1, 0.15) is 18.5 Å². The Hall–Kier alpha value is -2.83. The van der Waals surface area contributed by atoms with Crippen molar-refractivity contribution in [3.8, 4) is 5.75 Å². The summed E-state index contributed by atoms with van der Waals surface area (Å²) in [6, 6.07) is 26.0. The molecule has 27 heavy (non-hydrogen) atoms. The molecule has 0 amide bonds. The van der Waals surface area contributed by atoms with Crippen molar-refractivity contribution in [1.29, 1.82) is 0 Å². The zero-order chi connectivity index (χ0) is 19.1. The topological polar surface area (TPSA) is 66.8 Å². The highest BCUT2D eigenvalue weighted by Crippen LogP contribution is 2.23. The summed E-state index contributed by atoms with van der Waals surface area (Å²) in [5.74, 6) is 0.619. The van der Waals surface area contributed by atoms with E-state index in [1.54, 1.807) is 54.6 Å². The first kappa shape index (κ1) is 18.9. The maximum atomic E-state index is 13.1. The largest absolute Gasteiger partial charge is 0.491 e. The van der Waals surface area contributed by atoms with Crippen LogP contribution in [0, 0.1) is 0 Å². The molecule has 140 valence electrons. The van der Waals surface area contributed by atoms with Crippen molar-refractivity contribution in [3.63, 3.8) is 0 Å². The number of nitrogens with zero attached hydrogens (tertiary/aromatic N) is 1. The van der Waals surface area contributed by atoms with Crippen molar-refractivity contribution < 1.29 is 18.3 Å². The lowest BCUT2D eigenvalue weighted by Crippen LogP contribution is -2.39.